The molecule has 1 unspecified atom stereocenters. The molecule has 1 aromatic carbocycles. The quantitative estimate of drug-likeness (QED) is 0.564. The van der Waals surface area contributed by atoms with E-state index >= 15 is 0 Å². The Morgan fingerprint density at radius 2 is 2.00 bits per heavy atom. The summed E-state index contributed by atoms with van der Waals surface area (Å²) >= 11 is 2.22. The Balaban J connectivity index is 2.59. The van der Waals surface area contributed by atoms with Crippen LogP contribution in [0.1, 0.15) is 19.4 Å². The van der Waals surface area contributed by atoms with E-state index < -0.39 is 6.04 Å². The third-order valence-electron chi connectivity index (χ3n) is 3.07. The molecule has 1 amide bonds. The van der Waals surface area contributed by atoms with Gasteiger partial charge in [-0.2, -0.15) is 0 Å². The van der Waals surface area contributed by atoms with Crippen molar-refractivity contribution in [3.05, 3.63) is 27.3 Å². The summed E-state index contributed by atoms with van der Waals surface area (Å²) in [5, 5.41) is 5.76. The minimum absolute atomic E-state index is 0.0466. The maximum absolute atomic E-state index is 12.0. The number of carbonyl (C=O) groups excluding carboxylic acids is 2. The summed E-state index contributed by atoms with van der Waals surface area (Å²) in [6.07, 6.45) is 0. The van der Waals surface area contributed by atoms with Crippen LogP contribution >= 0.6 is 22.6 Å². The zero-order chi connectivity index (χ0) is 16.0. The average molecular weight is 404 g/mol. The van der Waals surface area contributed by atoms with Crippen molar-refractivity contribution in [2.75, 3.05) is 19.0 Å². The Labute approximate surface area is 139 Å². The van der Waals surface area contributed by atoms with Crippen molar-refractivity contribution >= 4 is 40.2 Å². The first-order chi connectivity index (χ1) is 9.85. The molecule has 0 fully saturated rings. The number of benzene rings is 1. The van der Waals surface area contributed by atoms with Gasteiger partial charge in [0.15, 0.2) is 0 Å². The molecule has 5 nitrogen and oxygen atoms in total. The second kappa shape index (κ2) is 8.33. The van der Waals surface area contributed by atoms with Gasteiger partial charge >= 0.3 is 5.97 Å². The smallest absolute Gasteiger partial charge is 0.323 e. The third kappa shape index (κ3) is 5.62. The normalized spacial score (nSPS) is 12.1. The predicted molar refractivity (Wildman–Crippen MR) is 91.2 cm³/mol. The second-order valence-corrected chi connectivity index (χ2v) is 6.38. The van der Waals surface area contributed by atoms with E-state index in [1.165, 1.54) is 7.11 Å². The fourth-order valence-electron chi connectivity index (χ4n) is 1.88. The first kappa shape index (κ1) is 17.9. The van der Waals surface area contributed by atoms with Crippen molar-refractivity contribution in [3.8, 4) is 0 Å². The number of methoxy groups -OCH3 is 1. The lowest BCUT2D eigenvalue weighted by atomic mass is 10.0. The molecule has 0 aromatic heterocycles. The number of anilines is 1. The van der Waals surface area contributed by atoms with Gasteiger partial charge in [0.2, 0.25) is 5.91 Å². The van der Waals surface area contributed by atoms with E-state index in [1.807, 2.05) is 39.0 Å². The highest BCUT2D eigenvalue weighted by Crippen LogP contribution is 2.17. The Morgan fingerprint density at radius 1 is 1.33 bits per heavy atom. The van der Waals surface area contributed by atoms with E-state index in [-0.39, 0.29) is 24.3 Å². The lowest BCUT2D eigenvalue weighted by Gasteiger charge is -2.19. The van der Waals surface area contributed by atoms with Crippen LogP contribution in [0.25, 0.3) is 0 Å². The fourth-order valence-corrected chi connectivity index (χ4v) is 2.53. The van der Waals surface area contributed by atoms with Crippen LogP contribution in [-0.2, 0) is 14.3 Å². The molecule has 0 bridgehead atoms. The number of amides is 1. The number of hydrogen-bond donors (Lipinski definition) is 2. The summed E-state index contributed by atoms with van der Waals surface area (Å²) in [7, 11) is 1.34. The van der Waals surface area contributed by atoms with Gasteiger partial charge in [-0.1, -0.05) is 13.8 Å². The monoisotopic (exact) mass is 404 g/mol. The maximum atomic E-state index is 12.0. The largest absolute Gasteiger partial charge is 0.468 e. The number of hydrogen-bond acceptors (Lipinski definition) is 4. The molecule has 0 aliphatic heterocycles. The molecule has 0 saturated carbocycles. The molecule has 2 N–H and O–H groups in total. The first-order valence-electron chi connectivity index (χ1n) is 6.72. The number of esters is 1. The van der Waals surface area contributed by atoms with Crippen molar-refractivity contribution in [1.29, 1.82) is 0 Å². The highest BCUT2D eigenvalue weighted by atomic mass is 127. The number of ether oxygens (including phenoxy) is 1. The maximum Gasteiger partial charge on any atom is 0.323 e. The summed E-state index contributed by atoms with van der Waals surface area (Å²) < 4.78 is 5.84. The van der Waals surface area contributed by atoms with Gasteiger partial charge in [0.05, 0.1) is 13.7 Å². The van der Waals surface area contributed by atoms with Gasteiger partial charge in [0.25, 0.3) is 0 Å². The van der Waals surface area contributed by atoms with Crippen LogP contribution < -0.4 is 10.6 Å². The van der Waals surface area contributed by atoms with Crippen LogP contribution in [-0.4, -0.2) is 31.6 Å². The molecule has 6 heteroatoms. The Hall–Kier alpha value is -1.15. The van der Waals surface area contributed by atoms with Gasteiger partial charge < -0.3 is 10.1 Å². The zero-order valence-electron chi connectivity index (χ0n) is 12.7. The lowest BCUT2D eigenvalue weighted by Crippen LogP contribution is -2.45. The number of rotatable bonds is 6. The van der Waals surface area contributed by atoms with E-state index in [1.54, 1.807) is 0 Å². The van der Waals surface area contributed by atoms with Crippen molar-refractivity contribution in [3.63, 3.8) is 0 Å². The number of aryl methyl sites for hydroxylation is 1. The van der Waals surface area contributed by atoms with Gasteiger partial charge in [0.1, 0.15) is 6.04 Å². The molecular formula is C15H21IN2O3. The zero-order valence-corrected chi connectivity index (χ0v) is 14.9. The lowest BCUT2D eigenvalue weighted by molar-refractivity contribution is -0.144. The highest BCUT2D eigenvalue weighted by molar-refractivity contribution is 14.1. The molecule has 0 aliphatic rings. The Morgan fingerprint density at radius 3 is 2.52 bits per heavy atom. The summed E-state index contributed by atoms with van der Waals surface area (Å²) in [5.41, 5.74) is 1.78. The van der Waals surface area contributed by atoms with Crippen molar-refractivity contribution in [2.24, 2.45) is 5.92 Å². The molecule has 0 radical (unpaired) electrons. The van der Waals surface area contributed by atoms with Crippen LogP contribution in [0.3, 0.4) is 0 Å². The first-order valence-corrected chi connectivity index (χ1v) is 7.80. The SMILES string of the molecule is COC(=O)C(NCC(=O)Nc1ccc(I)cc1C)C(C)C. The van der Waals surface area contributed by atoms with Gasteiger partial charge in [-0.25, -0.2) is 0 Å². The Bertz CT molecular complexity index is 518. The molecule has 0 aliphatic carbocycles. The molecule has 116 valence electrons. The number of halogens is 1. The highest BCUT2D eigenvalue weighted by Gasteiger charge is 2.23. The van der Waals surface area contributed by atoms with Gasteiger partial charge in [0, 0.05) is 9.26 Å². The van der Waals surface area contributed by atoms with E-state index in [0.29, 0.717) is 0 Å². The summed E-state index contributed by atoms with van der Waals surface area (Å²) in [6.45, 7) is 5.80. The summed E-state index contributed by atoms with van der Waals surface area (Å²) in [4.78, 5) is 23.6. The van der Waals surface area contributed by atoms with E-state index in [4.69, 9.17) is 4.74 Å². The Kier molecular flexibility index (Phi) is 7.10. The van der Waals surface area contributed by atoms with E-state index in [0.717, 1.165) is 14.8 Å². The van der Waals surface area contributed by atoms with Crippen LogP contribution in [0.2, 0.25) is 0 Å². The van der Waals surface area contributed by atoms with Crippen LogP contribution in [0.4, 0.5) is 5.69 Å². The van der Waals surface area contributed by atoms with Crippen LogP contribution in [0, 0.1) is 16.4 Å². The predicted octanol–water partition coefficient (Wildman–Crippen LogP) is 2.33. The van der Waals surface area contributed by atoms with Gasteiger partial charge in [-0.15, -0.1) is 0 Å². The number of nitrogens with one attached hydrogen (secondary N) is 2. The standard InChI is InChI=1S/C15H21IN2O3/c1-9(2)14(15(20)21-4)17-8-13(19)18-12-6-5-11(16)7-10(12)3/h5-7,9,14,17H,8H2,1-4H3,(H,18,19). The molecule has 1 aromatic rings. The summed E-state index contributed by atoms with van der Waals surface area (Å²) in [6, 6.07) is 5.31. The van der Waals surface area contributed by atoms with E-state index in [2.05, 4.69) is 33.2 Å². The molecule has 21 heavy (non-hydrogen) atoms. The van der Waals surface area contributed by atoms with Crippen LogP contribution in [0.5, 0.6) is 0 Å². The molecular weight excluding hydrogens is 383 g/mol. The summed E-state index contributed by atoms with van der Waals surface area (Å²) in [5.74, 6) is -0.498. The number of carbonyl (C=O) groups is 2. The molecule has 0 spiro atoms. The third-order valence-corrected chi connectivity index (χ3v) is 3.74. The topological polar surface area (TPSA) is 67.4 Å². The van der Waals surface area contributed by atoms with Crippen molar-refractivity contribution < 1.29 is 14.3 Å². The second-order valence-electron chi connectivity index (χ2n) is 5.13. The van der Waals surface area contributed by atoms with Crippen molar-refractivity contribution in [2.45, 2.75) is 26.8 Å². The minimum Gasteiger partial charge on any atom is -0.468 e. The van der Waals surface area contributed by atoms with Gasteiger partial charge in [-0.05, 0) is 59.2 Å². The average Bonchev–Trinajstić information content (AvgIpc) is 2.41. The fraction of sp³-hybridized carbons (Fsp3) is 0.467. The molecule has 1 rings (SSSR count). The molecule has 1 atom stereocenters. The van der Waals surface area contributed by atoms with Crippen LogP contribution in [0.15, 0.2) is 18.2 Å². The minimum atomic E-state index is -0.487. The van der Waals surface area contributed by atoms with Crippen molar-refractivity contribution in [1.82, 2.24) is 5.32 Å². The van der Waals surface area contributed by atoms with E-state index in [9.17, 15) is 9.59 Å². The molecule has 0 saturated heterocycles. The van der Waals surface area contributed by atoms with Gasteiger partial charge in [-0.3, -0.25) is 14.9 Å². The molecule has 0 heterocycles.